The van der Waals surface area contributed by atoms with Crippen LogP contribution in [0.4, 0.5) is 4.39 Å². The first-order valence-electron chi connectivity index (χ1n) is 12.8. The summed E-state index contributed by atoms with van der Waals surface area (Å²) < 4.78 is 23.3. The molecule has 2 nitrogen and oxygen atoms in total. The number of hydrogen-bond acceptors (Lipinski definition) is 1. The molecule has 37 heavy (non-hydrogen) atoms. The number of halogens is 1. The highest BCUT2D eigenvalue weighted by molar-refractivity contribution is 7.01. The molecule has 0 amide bonds. The maximum absolute atomic E-state index is 14.5. The first kappa shape index (κ1) is 23.6. The summed E-state index contributed by atoms with van der Waals surface area (Å²) in [5, 5.41) is 6.08. The molecule has 0 spiro atoms. The van der Waals surface area contributed by atoms with E-state index in [0.717, 1.165) is 27.6 Å². The second kappa shape index (κ2) is 8.39. The number of aromatic nitrogens is 1. The number of rotatable bonds is 3. The van der Waals surface area contributed by atoms with Crippen LogP contribution in [0.5, 0.6) is 0 Å². The van der Waals surface area contributed by atoms with Crippen molar-refractivity contribution >= 4 is 51.3 Å². The molecule has 0 saturated carbocycles. The third-order valence-corrected chi connectivity index (χ3v) is 11.8. The van der Waals surface area contributed by atoms with E-state index in [2.05, 4.69) is 105 Å². The Morgan fingerprint density at radius 1 is 0.730 bits per heavy atom. The van der Waals surface area contributed by atoms with Crippen molar-refractivity contribution in [2.24, 2.45) is 7.05 Å². The minimum absolute atomic E-state index is 0.240. The molecule has 0 fully saturated rings. The lowest BCUT2D eigenvalue weighted by Gasteiger charge is -2.25. The van der Waals surface area contributed by atoms with E-state index >= 15 is 0 Å². The van der Waals surface area contributed by atoms with Gasteiger partial charge in [0, 0.05) is 33.9 Å². The maximum atomic E-state index is 14.5. The first-order valence-corrected chi connectivity index (χ1v) is 15.8. The summed E-state index contributed by atoms with van der Waals surface area (Å²) in [6, 6.07) is 27.6. The van der Waals surface area contributed by atoms with Crippen molar-refractivity contribution in [3.63, 3.8) is 0 Å². The fourth-order valence-electron chi connectivity index (χ4n) is 5.82. The Morgan fingerprint density at radius 3 is 2.19 bits per heavy atom. The van der Waals surface area contributed by atoms with Crippen LogP contribution in [0.25, 0.3) is 44.1 Å². The minimum Gasteiger partial charge on any atom is -0.455 e. The summed E-state index contributed by atoms with van der Waals surface area (Å²) in [6.45, 7) is 11.0. The highest BCUT2D eigenvalue weighted by atomic mass is 28.3. The van der Waals surface area contributed by atoms with Gasteiger partial charge in [0.25, 0.3) is 0 Å². The van der Waals surface area contributed by atoms with Crippen molar-refractivity contribution in [2.45, 2.75) is 33.9 Å². The van der Waals surface area contributed by atoms with Crippen LogP contribution >= 0.6 is 0 Å². The zero-order valence-corrected chi connectivity index (χ0v) is 23.2. The van der Waals surface area contributed by atoms with Crippen LogP contribution in [-0.4, -0.2) is 8.07 Å². The van der Waals surface area contributed by atoms with Gasteiger partial charge in [-0.15, -0.1) is 0 Å². The van der Waals surface area contributed by atoms with Gasteiger partial charge in [-0.2, -0.15) is 4.57 Å². The molecular weight excluding hydrogens is 473 g/mol. The molecule has 4 aromatic carbocycles. The van der Waals surface area contributed by atoms with E-state index in [-0.39, 0.29) is 5.82 Å². The van der Waals surface area contributed by atoms with Gasteiger partial charge in [0.1, 0.15) is 32.1 Å². The molecule has 0 aliphatic carbocycles. The van der Waals surface area contributed by atoms with Crippen LogP contribution in [0, 0.1) is 26.6 Å². The molecule has 2 aromatic heterocycles. The van der Waals surface area contributed by atoms with Crippen LogP contribution in [0.15, 0.2) is 83.3 Å². The molecule has 0 radical (unpaired) electrons. The van der Waals surface area contributed by atoms with Gasteiger partial charge in [0.15, 0.2) is 0 Å². The lowest BCUT2D eigenvalue weighted by molar-refractivity contribution is -0.633. The van der Waals surface area contributed by atoms with Gasteiger partial charge in [0.05, 0.1) is 5.56 Å². The maximum Gasteiger partial charge on any atom is 0.216 e. The van der Waals surface area contributed by atoms with Gasteiger partial charge in [-0.25, -0.2) is 4.39 Å². The Balaban J connectivity index is 1.76. The van der Waals surface area contributed by atoms with Crippen LogP contribution in [0.1, 0.15) is 16.7 Å². The molecule has 0 bridgehead atoms. The Bertz CT molecular complexity index is 1850. The van der Waals surface area contributed by atoms with Gasteiger partial charge in [-0.1, -0.05) is 60.7 Å². The molecule has 0 aliphatic heterocycles. The predicted molar refractivity (Wildman–Crippen MR) is 155 cm³/mol. The van der Waals surface area contributed by atoms with Crippen molar-refractivity contribution < 1.29 is 13.4 Å². The number of pyridine rings is 1. The van der Waals surface area contributed by atoms with Crippen molar-refractivity contribution in [3.05, 3.63) is 101 Å². The molecule has 0 atom stereocenters. The molecule has 2 heterocycles. The zero-order valence-electron chi connectivity index (χ0n) is 22.2. The minimum atomic E-state index is -2.05. The van der Waals surface area contributed by atoms with Crippen molar-refractivity contribution in [1.29, 1.82) is 0 Å². The number of hydrogen-bond donors (Lipinski definition) is 0. The van der Waals surface area contributed by atoms with E-state index in [1.807, 2.05) is 6.07 Å². The molecule has 6 rings (SSSR count). The molecular formula is C33H31FNOSi+. The monoisotopic (exact) mass is 504 g/mol. The van der Waals surface area contributed by atoms with Crippen LogP contribution in [-0.2, 0) is 7.05 Å². The second-order valence-corrected chi connectivity index (χ2v) is 15.1. The molecule has 4 heteroatoms. The number of fused-ring (bicyclic) bond motifs is 4. The highest BCUT2D eigenvalue weighted by Gasteiger charge is 2.33. The largest absolute Gasteiger partial charge is 0.455 e. The predicted octanol–water partition coefficient (Wildman–Crippen LogP) is 7.12. The van der Waals surface area contributed by atoms with Gasteiger partial charge in [0.2, 0.25) is 11.2 Å². The van der Waals surface area contributed by atoms with Crippen LogP contribution in [0.2, 0.25) is 13.1 Å². The smallest absolute Gasteiger partial charge is 0.216 e. The molecule has 0 aliphatic rings. The highest BCUT2D eigenvalue weighted by Crippen LogP contribution is 2.40. The number of para-hydroxylation sites is 1. The SMILES string of the molecule is Cc1cc2c(oc3c(C)c(F)ccc32)c(-c2cc([Si](C)(C)c3ccccc3)c3ccccc3[n+]2C)c1C. The molecule has 6 aromatic rings. The summed E-state index contributed by atoms with van der Waals surface area (Å²) in [5.74, 6) is -0.240. The van der Waals surface area contributed by atoms with Gasteiger partial charge in [-0.3, -0.25) is 0 Å². The van der Waals surface area contributed by atoms with Crippen molar-refractivity contribution in [3.8, 4) is 11.3 Å². The van der Waals surface area contributed by atoms with E-state index in [1.165, 1.54) is 32.4 Å². The fraction of sp³-hybridized carbons (Fsp3) is 0.182. The summed E-state index contributed by atoms with van der Waals surface area (Å²) in [6.07, 6.45) is 0. The van der Waals surface area contributed by atoms with E-state index < -0.39 is 8.07 Å². The third kappa shape index (κ3) is 3.46. The number of furan rings is 1. The number of benzene rings is 4. The lowest BCUT2D eigenvalue weighted by Crippen LogP contribution is -2.54. The molecule has 0 saturated heterocycles. The summed E-state index contributed by atoms with van der Waals surface area (Å²) >= 11 is 0. The summed E-state index contributed by atoms with van der Waals surface area (Å²) in [4.78, 5) is 0. The normalized spacial score (nSPS) is 12.2. The van der Waals surface area contributed by atoms with Gasteiger partial charge in [-0.05, 0) is 61.4 Å². The number of aryl methyl sites for hydroxylation is 3. The fourth-order valence-corrected chi connectivity index (χ4v) is 8.54. The van der Waals surface area contributed by atoms with Crippen LogP contribution in [0.3, 0.4) is 0 Å². The quantitative estimate of drug-likeness (QED) is 0.185. The average molecular weight is 505 g/mol. The van der Waals surface area contributed by atoms with Crippen LogP contribution < -0.4 is 14.9 Å². The van der Waals surface area contributed by atoms with E-state index in [9.17, 15) is 4.39 Å². The Hall–Kier alpha value is -3.76. The van der Waals surface area contributed by atoms with Crippen molar-refractivity contribution in [1.82, 2.24) is 0 Å². The van der Waals surface area contributed by atoms with Gasteiger partial charge >= 0.3 is 0 Å². The third-order valence-electron chi connectivity index (χ3n) is 8.26. The first-order chi connectivity index (χ1) is 17.7. The zero-order chi connectivity index (χ0) is 26.1. The van der Waals surface area contributed by atoms with E-state index in [1.54, 1.807) is 13.0 Å². The molecule has 184 valence electrons. The summed E-state index contributed by atoms with van der Waals surface area (Å²) in [7, 11) is 0.0912. The Labute approximate surface area is 218 Å². The lowest BCUT2D eigenvalue weighted by atomic mass is 9.95. The average Bonchev–Trinajstić information content (AvgIpc) is 3.26. The number of nitrogens with zero attached hydrogens (tertiary/aromatic N) is 1. The molecule has 0 unspecified atom stereocenters. The Kier molecular flexibility index (Phi) is 5.36. The van der Waals surface area contributed by atoms with Gasteiger partial charge < -0.3 is 4.42 Å². The van der Waals surface area contributed by atoms with E-state index in [4.69, 9.17) is 4.42 Å². The second-order valence-electron chi connectivity index (χ2n) is 10.7. The summed E-state index contributed by atoms with van der Waals surface area (Å²) in [5.41, 5.74) is 7.77. The van der Waals surface area contributed by atoms with Crippen molar-refractivity contribution in [2.75, 3.05) is 0 Å². The Morgan fingerprint density at radius 2 is 1.43 bits per heavy atom. The molecule has 0 N–H and O–H groups in total. The van der Waals surface area contributed by atoms with E-state index in [0.29, 0.717) is 11.1 Å². The topological polar surface area (TPSA) is 17.0 Å². The standard InChI is InChI=1S/C33H31FNOSi/c1-20-18-26-24-16-17-27(34)22(3)32(24)36-33(26)31(21(20)2)29-19-30(25-14-10-11-15-28(25)35(29)4)37(5,6)23-12-8-7-9-13-23/h7-19H,1-6H3/q+1.